The second-order valence-electron chi connectivity index (χ2n) is 10.2. The summed E-state index contributed by atoms with van der Waals surface area (Å²) in [6, 6.07) is 25.0. The Morgan fingerprint density at radius 1 is 0.861 bits per heavy atom. The second kappa shape index (κ2) is 12.7. The van der Waals surface area contributed by atoms with E-state index in [2.05, 4.69) is 36.5 Å². The minimum absolute atomic E-state index is 0.0699. The van der Waals surface area contributed by atoms with E-state index in [9.17, 15) is 9.59 Å². The van der Waals surface area contributed by atoms with Gasteiger partial charge in [0.05, 0.1) is 0 Å². The third-order valence-corrected chi connectivity index (χ3v) is 6.50. The molecule has 1 atom stereocenters. The van der Waals surface area contributed by atoms with Gasteiger partial charge < -0.3 is 10.2 Å². The fraction of sp³-hybridized carbons (Fsp3) is 0.355. The number of carbonyl (C=O) groups is 2. The van der Waals surface area contributed by atoms with Gasteiger partial charge >= 0.3 is 0 Å². The highest BCUT2D eigenvalue weighted by molar-refractivity contribution is 6.31. The molecule has 3 aromatic rings. The van der Waals surface area contributed by atoms with Gasteiger partial charge in [0.2, 0.25) is 11.8 Å². The zero-order chi connectivity index (χ0) is 26.1. The molecule has 0 radical (unpaired) electrons. The first kappa shape index (κ1) is 27.5. The highest BCUT2D eigenvalue weighted by Gasteiger charge is 2.32. The number of carbonyl (C=O) groups excluding carboxylic acids is 2. The molecule has 0 fully saturated rings. The average molecular weight is 505 g/mol. The van der Waals surface area contributed by atoms with Crippen LogP contribution in [0.1, 0.15) is 56.4 Å². The summed E-state index contributed by atoms with van der Waals surface area (Å²) < 4.78 is 0. The molecular formula is C31H37ClN2O2. The Hall–Kier alpha value is -3.11. The first-order chi connectivity index (χ1) is 17.2. The zero-order valence-corrected chi connectivity index (χ0v) is 22.5. The van der Waals surface area contributed by atoms with Gasteiger partial charge in [-0.25, -0.2) is 0 Å². The summed E-state index contributed by atoms with van der Waals surface area (Å²) in [5.74, 6) is -0.237. The summed E-state index contributed by atoms with van der Waals surface area (Å²) >= 11 is 6.49. The molecule has 190 valence electrons. The Morgan fingerprint density at radius 2 is 1.47 bits per heavy atom. The summed E-state index contributed by atoms with van der Waals surface area (Å²) in [4.78, 5) is 29.1. The summed E-state index contributed by atoms with van der Waals surface area (Å²) in [7, 11) is 0. The molecule has 0 saturated carbocycles. The number of nitrogens with zero attached hydrogens (tertiary/aromatic N) is 1. The Balaban J connectivity index is 1.92. The van der Waals surface area contributed by atoms with Crippen LogP contribution in [0.3, 0.4) is 0 Å². The van der Waals surface area contributed by atoms with Crippen LogP contribution >= 0.6 is 11.6 Å². The number of hydrogen-bond acceptors (Lipinski definition) is 2. The maximum atomic E-state index is 13.8. The minimum atomic E-state index is -0.669. The molecule has 3 rings (SSSR count). The van der Waals surface area contributed by atoms with Crippen LogP contribution in [0.2, 0.25) is 5.02 Å². The van der Waals surface area contributed by atoms with Crippen LogP contribution < -0.4 is 5.32 Å². The molecule has 0 bridgehead atoms. The number of amides is 2. The van der Waals surface area contributed by atoms with Crippen LogP contribution in [-0.2, 0) is 35.4 Å². The van der Waals surface area contributed by atoms with Gasteiger partial charge in [0.15, 0.2) is 0 Å². The fourth-order valence-electron chi connectivity index (χ4n) is 4.15. The van der Waals surface area contributed by atoms with E-state index in [1.54, 1.807) is 4.90 Å². The molecule has 0 aromatic heterocycles. The summed E-state index contributed by atoms with van der Waals surface area (Å²) in [5, 5.41) is 3.68. The van der Waals surface area contributed by atoms with E-state index in [0.717, 1.165) is 23.1 Å². The van der Waals surface area contributed by atoms with Gasteiger partial charge in [0.25, 0.3) is 0 Å². The lowest BCUT2D eigenvalue weighted by molar-refractivity contribution is -0.141. The number of halogens is 1. The van der Waals surface area contributed by atoms with E-state index < -0.39 is 11.6 Å². The van der Waals surface area contributed by atoms with E-state index in [4.69, 9.17) is 11.6 Å². The first-order valence-corrected chi connectivity index (χ1v) is 13.0. The summed E-state index contributed by atoms with van der Waals surface area (Å²) in [6.07, 6.45) is 2.32. The molecule has 1 N–H and O–H groups in total. The third-order valence-electron chi connectivity index (χ3n) is 6.13. The molecule has 0 unspecified atom stereocenters. The number of hydrogen-bond donors (Lipinski definition) is 1. The highest BCUT2D eigenvalue weighted by atomic mass is 35.5. The molecule has 36 heavy (non-hydrogen) atoms. The molecular weight excluding hydrogens is 468 g/mol. The average Bonchev–Trinajstić information content (AvgIpc) is 2.85. The van der Waals surface area contributed by atoms with Gasteiger partial charge in [0, 0.05) is 29.9 Å². The smallest absolute Gasteiger partial charge is 0.243 e. The highest BCUT2D eigenvalue weighted by Crippen LogP contribution is 2.22. The largest absolute Gasteiger partial charge is 0.350 e. The Bertz CT molecular complexity index is 1140. The van der Waals surface area contributed by atoms with Gasteiger partial charge in [-0.15, -0.1) is 0 Å². The lowest BCUT2D eigenvalue weighted by Crippen LogP contribution is -2.54. The van der Waals surface area contributed by atoms with Crippen LogP contribution in [0.4, 0.5) is 0 Å². The predicted molar refractivity (Wildman–Crippen MR) is 148 cm³/mol. The minimum Gasteiger partial charge on any atom is -0.350 e. The Kier molecular flexibility index (Phi) is 9.72. The molecule has 0 aliphatic rings. The molecule has 0 aliphatic carbocycles. The van der Waals surface area contributed by atoms with Crippen LogP contribution in [0, 0.1) is 0 Å². The van der Waals surface area contributed by atoms with Crippen molar-refractivity contribution in [1.29, 1.82) is 0 Å². The van der Waals surface area contributed by atoms with Crippen molar-refractivity contribution >= 4 is 23.4 Å². The first-order valence-electron chi connectivity index (χ1n) is 12.6. The molecule has 3 aromatic carbocycles. The van der Waals surface area contributed by atoms with Crippen molar-refractivity contribution in [2.75, 3.05) is 0 Å². The van der Waals surface area contributed by atoms with Crippen molar-refractivity contribution in [3.05, 3.63) is 106 Å². The molecule has 0 spiro atoms. The number of nitrogens with one attached hydrogen (secondary N) is 1. The maximum Gasteiger partial charge on any atom is 0.243 e. The second-order valence-corrected chi connectivity index (χ2v) is 10.6. The fourth-order valence-corrected chi connectivity index (χ4v) is 4.35. The third kappa shape index (κ3) is 8.23. The normalized spacial score (nSPS) is 12.1. The van der Waals surface area contributed by atoms with Crippen molar-refractivity contribution in [2.45, 2.75) is 71.5 Å². The van der Waals surface area contributed by atoms with Crippen molar-refractivity contribution < 1.29 is 9.59 Å². The van der Waals surface area contributed by atoms with Gasteiger partial charge in [-0.3, -0.25) is 9.59 Å². The lowest BCUT2D eigenvalue weighted by atomic mass is 9.99. The number of rotatable bonds is 10. The Morgan fingerprint density at radius 3 is 2.08 bits per heavy atom. The molecule has 0 saturated heterocycles. The van der Waals surface area contributed by atoms with Gasteiger partial charge in [-0.05, 0) is 61.9 Å². The van der Waals surface area contributed by atoms with E-state index >= 15 is 0 Å². The van der Waals surface area contributed by atoms with Gasteiger partial charge in [0.1, 0.15) is 6.04 Å². The molecule has 0 aliphatic heterocycles. The standard InChI is InChI=1S/C31H37ClN2O2/c1-5-23-15-17-24(18-16-23)19-20-29(35)34(22-26-13-9-10-14-27(26)32)28(30(36)33-31(2,3)4)21-25-11-7-6-8-12-25/h6-18,28H,5,19-22H2,1-4H3,(H,33,36)/t28-/m0/s1. The monoisotopic (exact) mass is 504 g/mol. The van der Waals surface area contributed by atoms with E-state index in [0.29, 0.717) is 24.3 Å². The van der Waals surface area contributed by atoms with Crippen molar-refractivity contribution in [1.82, 2.24) is 10.2 Å². The quantitative estimate of drug-likeness (QED) is 0.348. The van der Waals surface area contributed by atoms with Crippen molar-refractivity contribution in [3.8, 4) is 0 Å². The zero-order valence-electron chi connectivity index (χ0n) is 21.8. The van der Waals surface area contributed by atoms with Crippen molar-refractivity contribution in [3.63, 3.8) is 0 Å². The van der Waals surface area contributed by atoms with Crippen LogP contribution in [0.15, 0.2) is 78.9 Å². The van der Waals surface area contributed by atoms with E-state index in [1.165, 1.54) is 5.56 Å². The predicted octanol–water partition coefficient (Wildman–Crippen LogP) is 6.39. The van der Waals surface area contributed by atoms with Gasteiger partial charge in [-0.2, -0.15) is 0 Å². The SMILES string of the molecule is CCc1ccc(CCC(=O)N(Cc2ccccc2Cl)[C@@H](Cc2ccccc2)C(=O)NC(C)(C)C)cc1. The van der Waals surface area contributed by atoms with Crippen LogP contribution in [0.5, 0.6) is 0 Å². The van der Waals surface area contributed by atoms with Gasteiger partial charge in [-0.1, -0.05) is 91.3 Å². The van der Waals surface area contributed by atoms with E-state index in [1.807, 2.05) is 75.4 Å². The topological polar surface area (TPSA) is 49.4 Å². The molecule has 2 amide bonds. The maximum absolute atomic E-state index is 13.8. The number of benzene rings is 3. The van der Waals surface area contributed by atoms with Crippen molar-refractivity contribution in [2.24, 2.45) is 0 Å². The Labute approximate surface area is 220 Å². The summed E-state index contributed by atoms with van der Waals surface area (Å²) in [6.45, 7) is 8.24. The molecule has 4 nitrogen and oxygen atoms in total. The lowest BCUT2D eigenvalue weighted by Gasteiger charge is -2.34. The van der Waals surface area contributed by atoms with E-state index in [-0.39, 0.29) is 18.4 Å². The molecule has 0 heterocycles. The summed E-state index contributed by atoms with van der Waals surface area (Å²) in [5.41, 5.74) is 3.77. The molecule has 5 heteroatoms. The number of aryl methyl sites for hydroxylation is 2. The van der Waals surface area contributed by atoms with Crippen LogP contribution in [-0.4, -0.2) is 28.3 Å². The van der Waals surface area contributed by atoms with Crippen LogP contribution in [0.25, 0.3) is 0 Å².